The van der Waals surface area contributed by atoms with Gasteiger partial charge in [0.2, 0.25) is 5.95 Å². The molecule has 7 heteroatoms. The smallest absolute Gasteiger partial charge is 0.273 e. The van der Waals surface area contributed by atoms with E-state index in [0.717, 1.165) is 37.3 Å². The summed E-state index contributed by atoms with van der Waals surface area (Å²) in [6.45, 7) is 5.51. The van der Waals surface area contributed by atoms with Crippen molar-refractivity contribution in [2.45, 2.75) is 33.1 Å². The minimum absolute atomic E-state index is 0.0188. The number of carbonyl (C=O) groups excluding carboxylic acids is 1. The Kier molecular flexibility index (Phi) is 4.33. The van der Waals surface area contributed by atoms with E-state index in [1.54, 1.807) is 5.38 Å². The van der Waals surface area contributed by atoms with Gasteiger partial charge in [-0.05, 0) is 39.2 Å². The predicted octanol–water partition coefficient (Wildman–Crippen LogP) is 2.92. The van der Waals surface area contributed by atoms with Crippen molar-refractivity contribution in [2.24, 2.45) is 0 Å². The number of hydrogen-bond donors (Lipinski definition) is 1. The molecule has 1 aliphatic heterocycles. The van der Waals surface area contributed by atoms with E-state index < -0.39 is 0 Å². The second kappa shape index (κ2) is 6.39. The van der Waals surface area contributed by atoms with Gasteiger partial charge in [-0.15, -0.1) is 11.3 Å². The number of rotatable bonds is 3. The van der Waals surface area contributed by atoms with Gasteiger partial charge in [-0.3, -0.25) is 4.79 Å². The standard InChI is InChI=1S/C15H19N5OS/c1-10-8-11(2)17-14(16-10)19-15-18-12(9-22-15)13(21)20-6-4-3-5-7-20/h8-9H,3-7H2,1-2H3,(H,16,17,18,19). The van der Waals surface area contributed by atoms with Gasteiger partial charge in [0, 0.05) is 29.9 Å². The first-order valence-corrected chi connectivity index (χ1v) is 8.34. The third kappa shape index (κ3) is 3.41. The number of piperidine rings is 1. The Labute approximate surface area is 133 Å². The van der Waals surface area contributed by atoms with Gasteiger partial charge in [0.05, 0.1) is 0 Å². The van der Waals surface area contributed by atoms with Crippen molar-refractivity contribution in [3.05, 3.63) is 28.5 Å². The lowest BCUT2D eigenvalue weighted by Crippen LogP contribution is -2.35. The van der Waals surface area contributed by atoms with Gasteiger partial charge < -0.3 is 10.2 Å². The number of aromatic nitrogens is 3. The van der Waals surface area contributed by atoms with E-state index in [0.29, 0.717) is 16.8 Å². The number of likely N-dealkylation sites (tertiary alicyclic amines) is 1. The average Bonchev–Trinajstić information content (AvgIpc) is 2.95. The summed E-state index contributed by atoms with van der Waals surface area (Å²) in [6.07, 6.45) is 3.37. The summed E-state index contributed by atoms with van der Waals surface area (Å²) in [7, 11) is 0. The SMILES string of the molecule is Cc1cc(C)nc(Nc2nc(C(=O)N3CCCCC3)cs2)n1. The summed E-state index contributed by atoms with van der Waals surface area (Å²) in [5.41, 5.74) is 2.30. The highest BCUT2D eigenvalue weighted by Crippen LogP contribution is 2.21. The van der Waals surface area contributed by atoms with Crippen LogP contribution in [0.4, 0.5) is 11.1 Å². The highest BCUT2D eigenvalue weighted by atomic mass is 32.1. The number of aryl methyl sites for hydroxylation is 2. The number of amides is 1. The highest BCUT2D eigenvalue weighted by molar-refractivity contribution is 7.14. The second-order valence-electron chi connectivity index (χ2n) is 5.49. The normalized spacial score (nSPS) is 14.9. The molecule has 0 aliphatic carbocycles. The number of anilines is 2. The van der Waals surface area contributed by atoms with Crippen molar-refractivity contribution in [3.63, 3.8) is 0 Å². The summed E-state index contributed by atoms with van der Waals surface area (Å²) in [6, 6.07) is 1.92. The third-order valence-electron chi connectivity index (χ3n) is 3.57. The van der Waals surface area contributed by atoms with Gasteiger partial charge in [-0.2, -0.15) is 0 Å². The quantitative estimate of drug-likeness (QED) is 0.942. The van der Waals surface area contributed by atoms with Gasteiger partial charge in [0.15, 0.2) is 5.13 Å². The van der Waals surface area contributed by atoms with Crippen LogP contribution in [-0.2, 0) is 0 Å². The Hall–Kier alpha value is -2.02. The summed E-state index contributed by atoms with van der Waals surface area (Å²) < 4.78 is 0. The van der Waals surface area contributed by atoms with Crippen molar-refractivity contribution >= 4 is 28.3 Å². The van der Waals surface area contributed by atoms with Crippen LogP contribution in [0, 0.1) is 13.8 Å². The lowest BCUT2D eigenvalue weighted by atomic mass is 10.1. The van der Waals surface area contributed by atoms with E-state index in [9.17, 15) is 4.79 Å². The van der Waals surface area contributed by atoms with Crippen molar-refractivity contribution in [1.82, 2.24) is 19.9 Å². The Morgan fingerprint density at radius 3 is 2.50 bits per heavy atom. The number of nitrogens with one attached hydrogen (secondary N) is 1. The number of carbonyl (C=O) groups is 1. The molecule has 0 radical (unpaired) electrons. The maximum atomic E-state index is 12.4. The lowest BCUT2D eigenvalue weighted by molar-refractivity contribution is 0.0719. The Morgan fingerprint density at radius 2 is 1.82 bits per heavy atom. The molecule has 1 aliphatic rings. The minimum atomic E-state index is 0.0188. The van der Waals surface area contributed by atoms with E-state index in [-0.39, 0.29) is 5.91 Å². The molecule has 6 nitrogen and oxygen atoms in total. The molecule has 3 rings (SSSR count). The number of nitrogens with zero attached hydrogens (tertiary/aromatic N) is 4. The molecule has 3 heterocycles. The summed E-state index contributed by atoms with van der Waals surface area (Å²) in [5, 5.41) is 5.52. The lowest BCUT2D eigenvalue weighted by Gasteiger charge is -2.25. The fourth-order valence-electron chi connectivity index (χ4n) is 2.57. The molecule has 1 N–H and O–H groups in total. The first-order chi connectivity index (χ1) is 10.6. The average molecular weight is 317 g/mol. The van der Waals surface area contributed by atoms with Gasteiger partial charge in [0.25, 0.3) is 5.91 Å². The van der Waals surface area contributed by atoms with Gasteiger partial charge in [-0.1, -0.05) is 0 Å². The topological polar surface area (TPSA) is 71.0 Å². The third-order valence-corrected chi connectivity index (χ3v) is 4.33. The molecule has 0 unspecified atom stereocenters. The zero-order valence-electron chi connectivity index (χ0n) is 12.8. The summed E-state index contributed by atoms with van der Waals surface area (Å²) in [4.78, 5) is 27.3. The Balaban J connectivity index is 1.71. The van der Waals surface area contributed by atoms with Gasteiger partial charge in [0.1, 0.15) is 5.69 Å². The van der Waals surface area contributed by atoms with Crippen molar-refractivity contribution in [3.8, 4) is 0 Å². The number of hydrogen-bond acceptors (Lipinski definition) is 6. The molecule has 22 heavy (non-hydrogen) atoms. The van der Waals surface area contributed by atoms with Gasteiger partial charge >= 0.3 is 0 Å². The van der Waals surface area contributed by atoms with Crippen molar-refractivity contribution < 1.29 is 4.79 Å². The molecule has 0 bridgehead atoms. The summed E-state index contributed by atoms with van der Waals surface area (Å²) in [5.74, 6) is 0.536. The molecule has 2 aromatic heterocycles. The van der Waals surface area contributed by atoms with Crippen LogP contribution in [0.25, 0.3) is 0 Å². The van der Waals surface area contributed by atoms with Crippen LogP contribution in [-0.4, -0.2) is 38.8 Å². The monoisotopic (exact) mass is 317 g/mol. The van der Waals surface area contributed by atoms with E-state index in [2.05, 4.69) is 20.3 Å². The van der Waals surface area contributed by atoms with E-state index in [4.69, 9.17) is 0 Å². The molecule has 0 atom stereocenters. The molecular weight excluding hydrogens is 298 g/mol. The Bertz CT molecular complexity index is 658. The first-order valence-electron chi connectivity index (χ1n) is 7.46. The van der Waals surface area contributed by atoms with E-state index in [1.807, 2.05) is 24.8 Å². The van der Waals surface area contributed by atoms with Crippen LogP contribution in [0.1, 0.15) is 41.1 Å². The Morgan fingerprint density at radius 1 is 1.14 bits per heavy atom. The van der Waals surface area contributed by atoms with Crippen LogP contribution in [0.2, 0.25) is 0 Å². The molecule has 1 saturated heterocycles. The van der Waals surface area contributed by atoms with Crippen LogP contribution in [0.5, 0.6) is 0 Å². The summed E-state index contributed by atoms with van der Waals surface area (Å²) >= 11 is 1.40. The molecular formula is C15H19N5OS. The molecule has 1 fully saturated rings. The zero-order valence-corrected chi connectivity index (χ0v) is 13.6. The van der Waals surface area contributed by atoms with Crippen LogP contribution < -0.4 is 5.32 Å². The van der Waals surface area contributed by atoms with Crippen molar-refractivity contribution in [1.29, 1.82) is 0 Å². The molecule has 0 spiro atoms. The van der Waals surface area contributed by atoms with E-state index in [1.165, 1.54) is 17.8 Å². The largest absolute Gasteiger partial charge is 0.337 e. The molecule has 2 aromatic rings. The zero-order chi connectivity index (χ0) is 15.5. The molecule has 116 valence electrons. The molecule has 0 saturated carbocycles. The van der Waals surface area contributed by atoms with Gasteiger partial charge in [-0.25, -0.2) is 15.0 Å². The van der Waals surface area contributed by atoms with E-state index >= 15 is 0 Å². The van der Waals surface area contributed by atoms with Crippen molar-refractivity contribution in [2.75, 3.05) is 18.4 Å². The molecule has 1 amide bonds. The fraction of sp³-hybridized carbons (Fsp3) is 0.467. The second-order valence-corrected chi connectivity index (χ2v) is 6.35. The number of thiazole rings is 1. The highest BCUT2D eigenvalue weighted by Gasteiger charge is 2.20. The maximum Gasteiger partial charge on any atom is 0.273 e. The van der Waals surface area contributed by atoms with Crippen LogP contribution in [0.15, 0.2) is 11.4 Å². The minimum Gasteiger partial charge on any atom is -0.337 e. The molecule has 0 aromatic carbocycles. The fourth-order valence-corrected chi connectivity index (χ4v) is 3.24. The van der Waals surface area contributed by atoms with Crippen LogP contribution in [0.3, 0.4) is 0 Å². The predicted molar refractivity (Wildman–Crippen MR) is 86.7 cm³/mol. The van der Waals surface area contributed by atoms with Crippen LogP contribution >= 0.6 is 11.3 Å². The first kappa shape index (κ1) is 14.9. The maximum absolute atomic E-state index is 12.4.